The van der Waals surface area contributed by atoms with Crippen LogP contribution in [0.1, 0.15) is 17.5 Å². The summed E-state index contributed by atoms with van der Waals surface area (Å²) in [6.45, 7) is -0.527. The Morgan fingerprint density at radius 1 is 1.14 bits per heavy atom. The molecule has 3 rings (SSSR count). The summed E-state index contributed by atoms with van der Waals surface area (Å²) < 4.78 is 19.9. The number of hydrogen-bond donors (Lipinski definition) is 1. The smallest absolute Gasteiger partial charge is 0.306 e. The van der Waals surface area contributed by atoms with E-state index >= 15 is 0 Å². The van der Waals surface area contributed by atoms with Crippen LogP contribution in [0.5, 0.6) is 0 Å². The number of nitriles is 1. The Labute approximate surface area is 166 Å². The molecule has 0 aliphatic carbocycles. The zero-order chi connectivity index (χ0) is 20.6. The molecule has 0 unspecified atom stereocenters. The van der Waals surface area contributed by atoms with E-state index in [2.05, 4.69) is 10.4 Å². The molecule has 29 heavy (non-hydrogen) atoms. The minimum absolute atomic E-state index is 0.0559. The van der Waals surface area contributed by atoms with Crippen molar-refractivity contribution in [2.75, 3.05) is 11.9 Å². The van der Waals surface area contributed by atoms with Gasteiger partial charge in [0, 0.05) is 6.42 Å². The normalized spacial score (nSPS) is 10.2. The number of rotatable bonds is 7. The van der Waals surface area contributed by atoms with E-state index < -0.39 is 24.3 Å². The number of carbonyl (C=O) groups is 2. The first-order valence-electron chi connectivity index (χ1n) is 8.81. The van der Waals surface area contributed by atoms with E-state index in [1.807, 2.05) is 12.1 Å². The predicted octanol–water partition coefficient (Wildman–Crippen LogP) is 3.00. The second-order valence-corrected chi connectivity index (χ2v) is 6.07. The summed E-state index contributed by atoms with van der Waals surface area (Å²) in [5.74, 6) is -1.44. The molecule has 0 saturated carbocycles. The molecule has 2 aromatic carbocycles. The monoisotopic (exact) mass is 392 g/mol. The number of para-hydroxylation sites is 1. The maximum atomic E-state index is 13.6. The summed E-state index contributed by atoms with van der Waals surface area (Å²) in [6.07, 6.45) is 1.45. The van der Waals surface area contributed by atoms with Gasteiger partial charge in [-0.15, -0.1) is 0 Å². The molecule has 1 N–H and O–H groups in total. The maximum Gasteiger partial charge on any atom is 0.306 e. The highest BCUT2D eigenvalue weighted by atomic mass is 19.1. The van der Waals surface area contributed by atoms with Gasteiger partial charge in [-0.2, -0.15) is 10.4 Å². The van der Waals surface area contributed by atoms with Gasteiger partial charge in [0.25, 0.3) is 5.91 Å². The molecule has 0 fully saturated rings. The van der Waals surface area contributed by atoms with Crippen LogP contribution in [-0.2, 0) is 20.7 Å². The van der Waals surface area contributed by atoms with Gasteiger partial charge in [0.05, 0.1) is 11.9 Å². The third-order valence-electron chi connectivity index (χ3n) is 4.07. The molecule has 1 heterocycles. The molecule has 8 heteroatoms. The Morgan fingerprint density at radius 2 is 1.86 bits per heavy atom. The Bertz CT molecular complexity index is 1060. The van der Waals surface area contributed by atoms with Gasteiger partial charge in [-0.3, -0.25) is 9.59 Å². The lowest BCUT2D eigenvalue weighted by molar-refractivity contribution is -0.147. The summed E-state index contributed by atoms with van der Waals surface area (Å²) in [6, 6.07) is 17.1. The van der Waals surface area contributed by atoms with Crippen molar-refractivity contribution < 1.29 is 18.7 Å². The Morgan fingerprint density at radius 3 is 2.59 bits per heavy atom. The van der Waals surface area contributed by atoms with Crippen LogP contribution in [0, 0.1) is 17.1 Å². The lowest BCUT2D eigenvalue weighted by atomic mass is 10.1. The van der Waals surface area contributed by atoms with E-state index in [9.17, 15) is 19.2 Å². The van der Waals surface area contributed by atoms with Crippen molar-refractivity contribution in [3.05, 3.63) is 77.7 Å². The van der Waals surface area contributed by atoms with Crippen LogP contribution < -0.4 is 5.32 Å². The van der Waals surface area contributed by atoms with Crippen molar-refractivity contribution in [2.24, 2.45) is 0 Å². The molecule has 0 radical (unpaired) electrons. The fourth-order valence-electron chi connectivity index (χ4n) is 2.64. The Kier molecular flexibility index (Phi) is 6.32. The van der Waals surface area contributed by atoms with Crippen molar-refractivity contribution in [2.45, 2.75) is 12.8 Å². The highest BCUT2D eigenvalue weighted by Crippen LogP contribution is 2.19. The fourth-order valence-corrected chi connectivity index (χ4v) is 2.64. The first-order chi connectivity index (χ1) is 14.1. The molecular weight excluding hydrogens is 375 g/mol. The number of amides is 1. The van der Waals surface area contributed by atoms with E-state index in [0.29, 0.717) is 11.3 Å². The molecule has 0 spiro atoms. The van der Waals surface area contributed by atoms with E-state index in [4.69, 9.17) is 4.74 Å². The van der Waals surface area contributed by atoms with Crippen molar-refractivity contribution in [1.29, 1.82) is 5.26 Å². The number of ether oxygens (including phenoxy) is 1. The summed E-state index contributed by atoms with van der Waals surface area (Å²) >= 11 is 0. The van der Waals surface area contributed by atoms with E-state index in [-0.39, 0.29) is 24.2 Å². The van der Waals surface area contributed by atoms with Crippen LogP contribution in [0.2, 0.25) is 0 Å². The number of nitrogens with one attached hydrogen (secondary N) is 1. The summed E-state index contributed by atoms with van der Waals surface area (Å²) in [5, 5.41) is 15.9. The Hall–Kier alpha value is -3.99. The lowest BCUT2D eigenvalue weighted by Gasteiger charge is -2.10. The van der Waals surface area contributed by atoms with Gasteiger partial charge in [0.2, 0.25) is 0 Å². The van der Waals surface area contributed by atoms with E-state index in [0.717, 1.165) is 0 Å². The van der Waals surface area contributed by atoms with Gasteiger partial charge in [-0.05, 0) is 30.2 Å². The molecule has 0 atom stereocenters. The number of carbonyl (C=O) groups excluding carboxylic acids is 2. The summed E-state index contributed by atoms with van der Waals surface area (Å²) in [4.78, 5) is 24.0. The van der Waals surface area contributed by atoms with Crippen molar-refractivity contribution in [3.8, 4) is 11.8 Å². The average molecular weight is 392 g/mol. The van der Waals surface area contributed by atoms with Crippen molar-refractivity contribution in [1.82, 2.24) is 9.78 Å². The van der Waals surface area contributed by atoms with Crippen LogP contribution >= 0.6 is 0 Å². The molecule has 0 bridgehead atoms. The number of aromatic nitrogens is 2. The minimum Gasteiger partial charge on any atom is -0.456 e. The number of esters is 1. The molecule has 0 saturated heterocycles. The van der Waals surface area contributed by atoms with Crippen molar-refractivity contribution in [3.63, 3.8) is 0 Å². The molecule has 7 nitrogen and oxygen atoms in total. The van der Waals surface area contributed by atoms with Crippen LogP contribution in [0.3, 0.4) is 0 Å². The second kappa shape index (κ2) is 9.28. The number of halogens is 1. The molecule has 146 valence electrons. The van der Waals surface area contributed by atoms with Gasteiger partial charge in [0.1, 0.15) is 17.4 Å². The third kappa shape index (κ3) is 5.05. The van der Waals surface area contributed by atoms with Crippen LogP contribution in [0.25, 0.3) is 5.69 Å². The summed E-state index contributed by atoms with van der Waals surface area (Å²) in [7, 11) is 0. The first kappa shape index (κ1) is 19.8. The van der Waals surface area contributed by atoms with Gasteiger partial charge < -0.3 is 10.1 Å². The highest BCUT2D eigenvalue weighted by molar-refractivity contribution is 5.93. The quantitative estimate of drug-likeness (QED) is 0.624. The van der Waals surface area contributed by atoms with Gasteiger partial charge in [0.15, 0.2) is 12.4 Å². The minimum atomic E-state index is -0.625. The first-order valence-corrected chi connectivity index (χ1v) is 8.81. The number of benzene rings is 2. The SMILES string of the molecule is N#Cc1cnn(-c2ccccc2)c1NC(=O)COC(=O)CCc1ccccc1F. The van der Waals surface area contributed by atoms with E-state index in [1.54, 1.807) is 42.5 Å². The van der Waals surface area contributed by atoms with Gasteiger partial charge in [-0.25, -0.2) is 9.07 Å². The molecule has 0 aliphatic heterocycles. The zero-order valence-electron chi connectivity index (χ0n) is 15.3. The Balaban J connectivity index is 1.57. The molecular formula is C21H17FN4O3. The van der Waals surface area contributed by atoms with Crippen LogP contribution in [0.4, 0.5) is 10.2 Å². The standard InChI is InChI=1S/C21H17FN4O3/c22-18-9-5-4-6-15(18)10-11-20(28)29-14-19(27)25-21-16(12-23)13-24-26(21)17-7-2-1-3-8-17/h1-9,13H,10-11,14H2,(H,25,27). The molecule has 0 aliphatic rings. The number of hydrogen-bond acceptors (Lipinski definition) is 5. The predicted molar refractivity (Wildman–Crippen MR) is 103 cm³/mol. The lowest BCUT2D eigenvalue weighted by Crippen LogP contribution is -2.23. The highest BCUT2D eigenvalue weighted by Gasteiger charge is 2.16. The van der Waals surface area contributed by atoms with Crippen molar-refractivity contribution >= 4 is 17.7 Å². The summed E-state index contributed by atoms with van der Waals surface area (Å²) in [5.41, 5.74) is 1.23. The topological polar surface area (TPSA) is 97.0 Å². The third-order valence-corrected chi connectivity index (χ3v) is 4.07. The average Bonchev–Trinajstić information content (AvgIpc) is 3.14. The van der Waals surface area contributed by atoms with E-state index in [1.165, 1.54) is 16.9 Å². The number of nitrogens with zero attached hydrogens (tertiary/aromatic N) is 3. The van der Waals surface area contributed by atoms with Crippen LogP contribution in [0.15, 0.2) is 60.8 Å². The van der Waals surface area contributed by atoms with Gasteiger partial charge >= 0.3 is 5.97 Å². The number of aryl methyl sites for hydroxylation is 1. The van der Waals surface area contributed by atoms with Crippen LogP contribution in [-0.4, -0.2) is 28.3 Å². The number of anilines is 1. The second-order valence-electron chi connectivity index (χ2n) is 6.07. The largest absolute Gasteiger partial charge is 0.456 e. The molecule has 3 aromatic rings. The molecule has 1 amide bonds. The molecule has 1 aromatic heterocycles. The van der Waals surface area contributed by atoms with Gasteiger partial charge in [-0.1, -0.05) is 36.4 Å². The maximum absolute atomic E-state index is 13.6. The fraction of sp³-hybridized carbons (Fsp3) is 0.143. The zero-order valence-corrected chi connectivity index (χ0v) is 15.3.